The average molecular weight is 234 g/mol. The largest absolute Gasteiger partial charge is 0.508 e. The Balaban J connectivity index is 0.00000196. The second-order valence-electron chi connectivity index (χ2n) is 3.05. The number of hydrogen-bond acceptors (Lipinski definition) is 4. The summed E-state index contributed by atoms with van der Waals surface area (Å²) in [5, 5.41) is 18.0. The molecule has 86 valence electrons. The maximum atomic E-state index is 9.21. The van der Waals surface area contributed by atoms with Gasteiger partial charge in [0, 0.05) is 24.3 Å². The zero-order valence-corrected chi connectivity index (χ0v) is 9.33. The summed E-state index contributed by atoms with van der Waals surface area (Å²) in [4.78, 5) is 0. The Morgan fingerprint density at radius 1 is 1.47 bits per heavy atom. The van der Waals surface area contributed by atoms with Crippen LogP contribution in [0.2, 0.25) is 0 Å². The third-order valence-electron chi connectivity index (χ3n) is 2.06. The minimum Gasteiger partial charge on any atom is -0.508 e. The Morgan fingerprint density at radius 2 is 2.13 bits per heavy atom. The summed E-state index contributed by atoms with van der Waals surface area (Å²) in [5.41, 5.74) is 6.60. The molecule has 0 saturated heterocycles. The molecule has 0 aliphatic rings. The molecule has 0 unspecified atom stereocenters. The van der Waals surface area contributed by atoms with E-state index in [-0.39, 0.29) is 30.8 Å². The first-order valence-corrected chi connectivity index (χ1v) is 4.42. The number of aliphatic hydroxyl groups excluding tert-OH is 1. The molecular formula is C10H16ClNO3. The lowest BCUT2D eigenvalue weighted by molar-refractivity contribution is 0.275. The first kappa shape index (κ1) is 14.0. The van der Waals surface area contributed by atoms with Crippen LogP contribution in [0.15, 0.2) is 18.2 Å². The van der Waals surface area contributed by atoms with Crippen LogP contribution in [0.1, 0.15) is 18.0 Å². The van der Waals surface area contributed by atoms with Gasteiger partial charge in [-0.15, -0.1) is 12.4 Å². The lowest BCUT2D eigenvalue weighted by Crippen LogP contribution is -2.12. The summed E-state index contributed by atoms with van der Waals surface area (Å²) in [5.74, 6) is 0.688. The van der Waals surface area contributed by atoms with E-state index in [0.29, 0.717) is 12.2 Å². The Bertz CT molecular complexity index is 307. The van der Waals surface area contributed by atoms with Gasteiger partial charge < -0.3 is 20.7 Å². The fraction of sp³-hybridized carbons (Fsp3) is 0.400. The number of benzene rings is 1. The molecule has 0 fully saturated rings. The first-order valence-electron chi connectivity index (χ1n) is 4.42. The normalized spacial score (nSPS) is 11.7. The number of phenols is 1. The van der Waals surface area contributed by atoms with Crippen LogP contribution in [0.5, 0.6) is 11.5 Å². The highest BCUT2D eigenvalue weighted by molar-refractivity contribution is 5.85. The van der Waals surface area contributed by atoms with Gasteiger partial charge in [-0.3, -0.25) is 0 Å². The van der Waals surface area contributed by atoms with Gasteiger partial charge in [0.2, 0.25) is 0 Å². The van der Waals surface area contributed by atoms with Crippen molar-refractivity contribution in [2.75, 3.05) is 13.7 Å². The summed E-state index contributed by atoms with van der Waals surface area (Å²) < 4.78 is 5.07. The molecule has 0 aliphatic heterocycles. The molecule has 0 aromatic heterocycles. The monoisotopic (exact) mass is 233 g/mol. The quantitative estimate of drug-likeness (QED) is 0.731. The van der Waals surface area contributed by atoms with Crippen molar-refractivity contribution in [1.29, 1.82) is 0 Å². The predicted molar refractivity (Wildman–Crippen MR) is 60.5 cm³/mol. The Kier molecular flexibility index (Phi) is 6.08. The van der Waals surface area contributed by atoms with Crippen LogP contribution in [-0.2, 0) is 0 Å². The molecular weight excluding hydrogens is 218 g/mol. The highest BCUT2D eigenvalue weighted by Gasteiger charge is 2.11. The van der Waals surface area contributed by atoms with Crippen molar-refractivity contribution in [3.8, 4) is 11.5 Å². The number of aliphatic hydroxyl groups is 1. The molecule has 0 aliphatic carbocycles. The van der Waals surface area contributed by atoms with Crippen LogP contribution in [0, 0.1) is 0 Å². The molecule has 0 heterocycles. The van der Waals surface area contributed by atoms with E-state index in [1.54, 1.807) is 12.1 Å². The van der Waals surface area contributed by atoms with Crippen molar-refractivity contribution >= 4 is 12.4 Å². The van der Waals surface area contributed by atoms with E-state index < -0.39 is 0 Å². The van der Waals surface area contributed by atoms with Gasteiger partial charge in [-0.05, 0) is 12.5 Å². The van der Waals surface area contributed by atoms with Crippen LogP contribution in [0.25, 0.3) is 0 Å². The number of halogens is 1. The van der Waals surface area contributed by atoms with E-state index in [4.69, 9.17) is 15.6 Å². The summed E-state index contributed by atoms with van der Waals surface area (Å²) in [7, 11) is 1.52. The first-order chi connectivity index (χ1) is 6.69. The van der Waals surface area contributed by atoms with Crippen LogP contribution in [0.4, 0.5) is 0 Å². The minimum absolute atomic E-state index is 0. The van der Waals surface area contributed by atoms with Crippen molar-refractivity contribution in [3.05, 3.63) is 23.8 Å². The van der Waals surface area contributed by atoms with Gasteiger partial charge in [0.15, 0.2) is 0 Å². The van der Waals surface area contributed by atoms with E-state index in [1.807, 2.05) is 0 Å². The number of rotatable bonds is 4. The van der Waals surface area contributed by atoms with Crippen molar-refractivity contribution in [2.24, 2.45) is 5.73 Å². The molecule has 4 N–H and O–H groups in total. The Labute approximate surface area is 95.1 Å². The molecule has 1 atom stereocenters. The van der Waals surface area contributed by atoms with E-state index >= 15 is 0 Å². The van der Waals surface area contributed by atoms with Crippen molar-refractivity contribution in [3.63, 3.8) is 0 Å². The average Bonchev–Trinajstić information content (AvgIpc) is 2.17. The zero-order chi connectivity index (χ0) is 10.6. The van der Waals surface area contributed by atoms with Crippen molar-refractivity contribution in [1.82, 2.24) is 0 Å². The van der Waals surface area contributed by atoms with E-state index in [1.165, 1.54) is 13.2 Å². The third-order valence-corrected chi connectivity index (χ3v) is 2.06. The van der Waals surface area contributed by atoms with Crippen LogP contribution >= 0.6 is 12.4 Å². The van der Waals surface area contributed by atoms with Crippen LogP contribution in [0.3, 0.4) is 0 Å². The molecule has 0 spiro atoms. The number of aromatic hydroxyl groups is 1. The van der Waals surface area contributed by atoms with Crippen LogP contribution < -0.4 is 10.5 Å². The van der Waals surface area contributed by atoms with Crippen molar-refractivity contribution < 1.29 is 14.9 Å². The molecule has 0 radical (unpaired) electrons. The lowest BCUT2D eigenvalue weighted by Gasteiger charge is -2.14. The summed E-state index contributed by atoms with van der Waals surface area (Å²) in [6.07, 6.45) is 0.473. The standard InChI is InChI=1S/C10H15NO3.ClH/c1-14-10-6-7(13)2-3-8(10)9(11)4-5-12;/h2-3,6,9,12-13H,4-5,11H2,1H3;1H/t9-;/m1./s1. The Hall–Kier alpha value is -0.970. The van der Waals surface area contributed by atoms with Gasteiger partial charge >= 0.3 is 0 Å². The summed E-state index contributed by atoms with van der Waals surface area (Å²) in [6, 6.07) is 4.49. The Morgan fingerprint density at radius 3 is 2.67 bits per heavy atom. The third kappa shape index (κ3) is 3.58. The predicted octanol–water partition coefficient (Wildman–Crippen LogP) is 1.20. The molecule has 0 bridgehead atoms. The highest BCUT2D eigenvalue weighted by Crippen LogP contribution is 2.28. The van der Waals surface area contributed by atoms with Crippen LogP contribution in [-0.4, -0.2) is 23.9 Å². The SMILES string of the molecule is COc1cc(O)ccc1[C@H](N)CCO.Cl. The fourth-order valence-electron chi connectivity index (χ4n) is 1.30. The summed E-state index contributed by atoms with van der Waals surface area (Å²) in [6.45, 7) is 0.0329. The molecule has 0 amide bonds. The van der Waals surface area contributed by atoms with Crippen molar-refractivity contribution in [2.45, 2.75) is 12.5 Å². The number of methoxy groups -OCH3 is 1. The van der Waals surface area contributed by atoms with E-state index in [2.05, 4.69) is 0 Å². The van der Waals surface area contributed by atoms with Gasteiger partial charge in [0.05, 0.1) is 7.11 Å². The second kappa shape index (κ2) is 6.50. The lowest BCUT2D eigenvalue weighted by atomic mass is 10.0. The summed E-state index contributed by atoms with van der Waals surface area (Å²) >= 11 is 0. The molecule has 1 aromatic carbocycles. The maximum absolute atomic E-state index is 9.21. The maximum Gasteiger partial charge on any atom is 0.127 e. The molecule has 1 aromatic rings. The zero-order valence-electron chi connectivity index (χ0n) is 8.51. The van der Waals surface area contributed by atoms with Gasteiger partial charge in [-0.25, -0.2) is 0 Å². The number of hydrogen-bond donors (Lipinski definition) is 3. The molecule has 5 heteroatoms. The number of nitrogens with two attached hydrogens (primary N) is 1. The van der Waals surface area contributed by atoms with Gasteiger partial charge in [-0.1, -0.05) is 6.07 Å². The molecule has 15 heavy (non-hydrogen) atoms. The second-order valence-corrected chi connectivity index (χ2v) is 3.05. The number of phenolic OH excluding ortho intramolecular Hbond substituents is 1. The smallest absolute Gasteiger partial charge is 0.127 e. The fourth-order valence-corrected chi connectivity index (χ4v) is 1.30. The van der Waals surface area contributed by atoms with E-state index in [0.717, 1.165) is 5.56 Å². The van der Waals surface area contributed by atoms with Gasteiger partial charge in [0.1, 0.15) is 11.5 Å². The molecule has 0 saturated carbocycles. The van der Waals surface area contributed by atoms with Gasteiger partial charge in [-0.2, -0.15) is 0 Å². The number of ether oxygens (including phenoxy) is 1. The van der Waals surface area contributed by atoms with Gasteiger partial charge in [0.25, 0.3) is 0 Å². The topological polar surface area (TPSA) is 75.7 Å². The molecule has 4 nitrogen and oxygen atoms in total. The molecule has 1 rings (SSSR count). The highest BCUT2D eigenvalue weighted by atomic mass is 35.5. The minimum atomic E-state index is -0.268. The van der Waals surface area contributed by atoms with E-state index in [9.17, 15) is 5.11 Å².